The summed E-state index contributed by atoms with van der Waals surface area (Å²) in [6, 6.07) is 5.75. The Kier molecular flexibility index (Phi) is 9.94. The van der Waals surface area contributed by atoms with Crippen LogP contribution in [0, 0.1) is 11.8 Å². The van der Waals surface area contributed by atoms with Crippen LogP contribution >= 0.6 is 0 Å². The van der Waals surface area contributed by atoms with Crippen LogP contribution < -0.4 is 25.2 Å². The summed E-state index contributed by atoms with van der Waals surface area (Å²) < 4.78 is 21.9. The highest BCUT2D eigenvalue weighted by Gasteiger charge is 2.43. The topological polar surface area (TPSA) is 119 Å². The van der Waals surface area contributed by atoms with E-state index < -0.39 is 11.1 Å². The van der Waals surface area contributed by atoms with Gasteiger partial charge in [-0.15, -0.1) is 0 Å². The lowest BCUT2D eigenvalue weighted by atomic mass is 9.88. The van der Waals surface area contributed by atoms with Crippen molar-refractivity contribution in [2.45, 2.75) is 63.6 Å². The van der Waals surface area contributed by atoms with E-state index in [9.17, 15) is 14.4 Å². The Labute approximate surface area is 243 Å². The van der Waals surface area contributed by atoms with Gasteiger partial charge in [-0.1, -0.05) is 0 Å². The fourth-order valence-corrected chi connectivity index (χ4v) is 5.82. The molecule has 3 aliphatic rings. The van der Waals surface area contributed by atoms with E-state index in [0.717, 1.165) is 18.5 Å². The SMILES string of the molecule is COCCCN1C(=O)C(C)(C)Oc2ccc(N(C(=O)[C@H]3CNCC(C(=O)NC(C)(COC)COC)C3)C3CC3)cc21. The van der Waals surface area contributed by atoms with Crippen molar-refractivity contribution >= 4 is 29.1 Å². The number of benzene rings is 1. The molecule has 2 N–H and O–H groups in total. The predicted octanol–water partition coefficient (Wildman–Crippen LogP) is 2.12. The van der Waals surface area contributed by atoms with Crippen LogP contribution in [0.4, 0.5) is 11.4 Å². The lowest BCUT2D eigenvalue weighted by Gasteiger charge is -2.40. The first-order chi connectivity index (χ1) is 19.5. The van der Waals surface area contributed by atoms with Gasteiger partial charge in [-0.3, -0.25) is 14.4 Å². The molecule has 11 nitrogen and oxygen atoms in total. The molecular weight excluding hydrogens is 528 g/mol. The van der Waals surface area contributed by atoms with E-state index in [2.05, 4.69) is 10.6 Å². The number of amides is 3. The fraction of sp³-hybridized carbons (Fsp3) is 0.700. The molecule has 0 bridgehead atoms. The first-order valence-corrected chi connectivity index (χ1v) is 14.5. The summed E-state index contributed by atoms with van der Waals surface area (Å²) >= 11 is 0. The minimum absolute atomic E-state index is 0.0108. The maximum absolute atomic E-state index is 14.1. The van der Waals surface area contributed by atoms with Crippen LogP contribution in [0.2, 0.25) is 0 Å². The Morgan fingerprint density at radius 3 is 2.44 bits per heavy atom. The molecule has 11 heteroatoms. The molecule has 1 aliphatic carbocycles. The van der Waals surface area contributed by atoms with Gasteiger partial charge in [0.1, 0.15) is 5.75 Å². The van der Waals surface area contributed by atoms with Crippen molar-refractivity contribution in [3.05, 3.63) is 18.2 Å². The molecule has 4 rings (SSSR count). The average molecular weight is 575 g/mol. The maximum atomic E-state index is 14.1. The summed E-state index contributed by atoms with van der Waals surface area (Å²) in [4.78, 5) is 44.2. The Balaban J connectivity index is 1.54. The molecule has 2 fully saturated rings. The van der Waals surface area contributed by atoms with Gasteiger partial charge in [0.05, 0.1) is 36.3 Å². The zero-order valence-corrected chi connectivity index (χ0v) is 25.3. The van der Waals surface area contributed by atoms with Crippen molar-refractivity contribution < 1.29 is 33.3 Å². The monoisotopic (exact) mass is 574 g/mol. The van der Waals surface area contributed by atoms with Crippen molar-refractivity contribution in [1.29, 1.82) is 0 Å². The third kappa shape index (κ3) is 7.20. The Morgan fingerprint density at radius 1 is 1.12 bits per heavy atom. The van der Waals surface area contributed by atoms with Crippen LogP contribution in [0.15, 0.2) is 18.2 Å². The number of hydrogen-bond acceptors (Lipinski definition) is 8. The number of carbonyl (C=O) groups is 3. The number of nitrogens with one attached hydrogen (secondary N) is 2. The van der Waals surface area contributed by atoms with Crippen molar-refractivity contribution in [3.8, 4) is 5.75 Å². The van der Waals surface area contributed by atoms with Gasteiger partial charge in [0.15, 0.2) is 5.60 Å². The summed E-state index contributed by atoms with van der Waals surface area (Å²) in [7, 11) is 4.82. The van der Waals surface area contributed by atoms with E-state index in [4.69, 9.17) is 18.9 Å². The minimum Gasteiger partial charge on any atom is -0.476 e. The van der Waals surface area contributed by atoms with Crippen LogP contribution in [0.5, 0.6) is 5.75 Å². The largest absolute Gasteiger partial charge is 0.476 e. The van der Waals surface area contributed by atoms with Crippen molar-refractivity contribution in [3.63, 3.8) is 0 Å². The van der Waals surface area contributed by atoms with E-state index >= 15 is 0 Å². The van der Waals surface area contributed by atoms with Gasteiger partial charge >= 0.3 is 0 Å². The van der Waals surface area contributed by atoms with E-state index in [1.54, 1.807) is 40.1 Å². The molecule has 1 saturated carbocycles. The number of fused-ring (bicyclic) bond motifs is 1. The molecule has 2 aliphatic heterocycles. The van der Waals surface area contributed by atoms with Gasteiger partial charge in [0.2, 0.25) is 11.8 Å². The Morgan fingerprint density at radius 2 is 1.80 bits per heavy atom. The van der Waals surface area contributed by atoms with Crippen LogP contribution in [-0.4, -0.2) is 95.7 Å². The zero-order valence-electron chi connectivity index (χ0n) is 25.3. The lowest BCUT2D eigenvalue weighted by molar-refractivity contribution is -0.133. The molecule has 2 atom stereocenters. The van der Waals surface area contributed by atoms with Gasteiger partial charge in [0, 0.05) is 59.3 Å². The summed E-state index contributed by atoms with van der Waals surface area (Å²) in [6.45, 7) is 8.08. The molecule has 1 unspecified atom stereocenters. The normalized spacial score (nSPS) is 22.1. The van der Waals surface area contributed by atoms with E-state index in [1.165, 1.54) is 0 Å². The second-order valence-corrected chi connectivity index (χ2v) is 12.2. The second kappa shape index (κ2) is 13.1. The number of ether oxygens (including phenoxy) is 4. The molecule has 1 aromatic carbocycles. The van der Waals surface area contributed by atoms with E-state index in [-0.39, 0.29) is 35.6 Å². The molecule has 41 heavy (non-hydrogen) atoms. The van der Waals surface area contributed by atoms with Crippen molar-refractivity contribution in [1.82, 2.24) is 10.6 Å². The van der Waals surface area contributed by atoms with E-state index in [0.29, 0.717) is 63.7 Å². The summed E-state index contributed by atoms with van der Waals surface area (Å²) in [5, 5.41) is 6.38. The molecular formula is C30H46N4O7. The maximum Gasteiger partial charge on any atom is 0.270 e. The summed E-state index contributed by atoms with van der Waals surface area (Å²) in [5.41, 5.74) is -0.247. The van der Waals surface area contributed by atoms with Gasteiger partial charge in [-0.25, -0.2) is 0 Å². The van der Waals surface area contributed by atoms with Crippen LogP contribution in [-0.2, 0) is 28.6 Å². The van der Waals surface area contributed by atoms with E-state index in [1.807, 2.05) is 30.0 Å². The van der Waals surface area contributed by atoms with Crippen LogP contribution in [0.25, 0.3) is 0 Å². The van der Waals surface area contributed by atoms with Gasteiger partial charge in [-0.05, 0) is 64.7 Å². The summed E-state index contributed by atoms with van der Waals surface area (Å²) in [5.74, 6) is -0.361. The van der Waals surface area contributed by atoms with Crippen molar-refractivity contribution in [2.75, 3.05) is 70.6 Å². The minimum atomic E-state index is -0.987. The molecule has 0 radical (unpaired) electrons. The number of piperidine rings is 1. The zero-order chi connectivity index (χ0) is 29.8. The highest BCUT2D eigenvalue weighted by molar-refractivity contribution is 6.04. The second-order valence-electron chi connectivity index (χ2n) is 12.2. The highest BCUT2D eigenvalue weighted by Crippen LogP contribution is 2.43. The first kappa shape index (κ1) is 31.2. The molecule has 228 valence electrons. The Hall–Kier alpha value is -2.73. The number of nitrogens with zero attached hydrogens (tertiary/aromatic N) is 2. The van der Waals surface area contributed by atoms with Crippen molar-refractivity contribution in [2.24, 2.45) is 11.8 Å². The predicted molar refractivity (Wildman–Crippen MR) is 155 cm³/mol. The molecule has 0 aromatic heterocycles. The standard InChI is InChI=1S/C30H46N4O7/c1-29(2)28(37)33(12-7-13-38-4)24-15-23(10-11-25(24)41-29)34(22-8-9-22)27(36)21-14-20(16-31-17-21)26(35)32-30(3,18-39-5)19-40-6/h10-11,15,20-22,31H,7-9,12-14,16-19H2,1-6H3,(H,32,35)/t20?,21-/m1/s1. The molecule has 0 spiro atoms. The third-order valence-electron chi connectivity index (χ3n) is 7.94. The van der Waals surface area contributed by atoms with Gasteiger partial charge < -0.3 is 39.4 Å². The highest BCUT2D eigenvalue weighted by atomic mass is 16.5. The molecule has 1 saturated heterocycles. The number of rotatable bonds is 13. The Bertz CT molecular complexity index is 1100. The molecule has 2 heterocycles. The number of methoxy groups -OCH3 is 3. The summed E-state index contributed by atoms with van der Waals surface area (Å²) in [6.07, 6.45) is 2.96. The fourth-order valence-electron chi connectivity index (χ4n) is 5.82. The quantitative estimate of drug-likeness (QED) is 0.344. The van der Waals surface area contributed by atoms with Crippen LogP contribution in [0.1, 0.15) is 46.5 Å². The number of carbonyl (C=O) groups excluding carboxylic acids is 3. The third-order valence-corrected chi connectivity index (χ3v) is 7.94. The number of anilines is 2. The van der Waals surface area contributed by atoms with Gasteiger partial charge in [-0.2, -0.15) is 0 Å². The lowest BCUT2D eigenvalue weighted by Crippen LogP contribution is -2.57. The molecule has 1 aromatic rings. The van der Waals surface area contributed by atoms with Crippen LogP contribution in [0.3, 0.4) is 0 Å². The average Bonchev–Trinajstić information content (AvgIpc) is 3.76. The smallest absolute Gasteiger partial charge is 0.270 e. The molecule has 3 amide bonds. The van der Waals surface area contributed by atoms with Gasteiger partial charge in [0.25, 0.3) is 5.91 Å². The number of hydrogen-bond donors (Lipinski definition) is 2. The first-order valence-electron chi connectivity index (χ1n) is 14.5.